The van der Waals surface area contributed by atoms with Gasteiger partial charge in [-0.2, -0.15) is 0 Å². The predicted octanol–water partition coefficient (Wildman–Crippen LogP) is 2.49. The Balaban J connectivity index is 0.00000225. The van der Waals surface area contributed by atoms with Crippen LogP contribution in [0.25, 0.3) is 0 Å². The summed E-state index contributed by atoms with van der Waals surface area (Å²) in [7, 11) is 1.79. The van der Waals surface area contributed by atoms with Crippen LogP contribution in [0.3, 0.4) is 0 Å². The Morgan fingerprint density at radius 1 is 1.20 bits per heavy atom. The van der Waals surface area contributed by atoms with Gasteiger partial charge in [-0.25, -0.2) is 0 Å². The fourth-order valence-electron chi connectivity index (χ4n) is 3.02. The van der Waals surface area contributed by atoms with Gasteiger partial charge in [0.1, 0.15) is 5.82 Å². The van der Waals surface area contributed by atoms with Crippen LogP contribution in [0.1, 0.15) is 37.5 Å². The number of benzene rings is 1. The van der Waals surface area contributed by atoms with E-state index in [0.717, 1.165) is 43.5 Å². The highest BCUT2D eigenvalue weighted by Crippen LogP contribution is 2.21. The van der Waals surface area contributed by atoms with Gasteiger partial charge in [-0.3, -0.25) is 4.99 Å². The predicted molar refractivity (Wildman–Crippen MR) is 111 cm³/mol. The number of nitrogens with zero attached hydrogens (tertiary/aromatic N) is 4. The maximum atomic E-state index is 4.31. The number of hydrogen-bond donors (Lipinski definition) is 2. The van der Waals surface area contributed by atoms with Gasteiger partial charge >= 0.3 is 0 Å². The smallest absolute Gasteiger partial charge is 0.191 e. The second kappa shape index (κ2) is 8.64. The second-order valence-corrected chi connectivity index (χ2v) is 6.82. The van der Waals surface area contributed by atoms with Crippen LogP contribution in [-0.4, -0.2) is 34.3 Å². The topological polar surface area (TPSA) is 67.1 Å². The first-order chi connectivity index (χ1) is 11.6. The van der Waals surface area contributed by atoms with Gasteiger partial charge < -0.3 is 15.2 Å². The summed E-state index contributed by atoms with van der Waals surface area (Å²) >= 11 is 0. The molecule has 2 N–H and O–H groups in total. The summed E-state index contributed by atoms with van der Waals surface area (Å²) in [6, 6.07) is 10.5. The van der Waals surface area contributed by atoms with Crippen molar-refractivity contribution < 1.29 is 0 Å². The SMILES string of the molecule is CN=C(NCc1nnc2n1CCC2)NCC(C)(C)c1ccccc1.I. The Morgan fingerprint density at radius 3 is 2.68 bits per heavy atom. The van der Waals surface area contributed by atoms with E-state index in [9.17, 15) is 0 Å². The second-order valence-electron chi connectivity index (χ2n) is 6.82. The number of hydrogen-bond acceptors (Lipinski definition) is 3. The van der Waals surface area contributed by atoms with E-state index in [0.29, 0.717) is 6.54 Å². The highest BCUT2D eigenvalue weighted by Gasteiger charge is 2.21. The Kier molecular flexibility index (Phi) is 6.80. The lowest BCUT2D eigenvalue weighted by Gasteiger charge is -2.26. The molecule has 0 fully saturated rings. The zero-order chi connectivity index (χ0) is 17.0. The average Bonchev–Trinajstić information content (AvgIpc) is 3.20. The van der Waals surface area contributed by atoms with Crippen molar-refractivity contribution in [3.63, 3.8) is 0 Å². The molecule has 0 aliphatic carbocycles. The molecule has 1 aromatic carbocycles. The molecule has 3 rings (SSSR count). The summed E-state index contributed by atoms with van der Waals surface area (Å²) < 4.78 is 2.20. The first-order valence-corrected chi connectivity index (χ1v) is 8.51. The van der Waals surface area contributed by atoms with E-state index in [1.165, 1.54) is 5.56 Å². The van der Waals surface area contributed by atoms with Crippen molar-refractivity contribution in [2.45, 2.75) is 45.2 Å². The lowest BCUT2D eigenvalue weighted by molar-refractivity contribution is 0.508. The van der Waals surface area contributed by atoms with Crippen LogP contribution in [0.2, 0.25) is 0 Å². The monoisotopic (exact) mass is 454 g/mol. The molecule has 2 aromatic rings. The number of guanidine groups is 1. The van der Waals surface area contributed by atoms with Crippen LogP contribution >= 0.6 is 24.0 Å². The van der Waals surface area contributed by atoms with E-state index in [-0.39, 0.29) is 29.4 Å². The summed E-state index contributed by atoms with van der Waals surface area (Å²) in [5.74, 6) is 2.86. The maximum absolute atomic E-state index is 4.31. The molecule has 25 heavy (non-hydrogen) atoms. The molecule has 7 heteroatoms. The molecule has 2 heterocycles. The molecule has 1 aliphatic heterocycles. The van der Waals surface area contributed by atoms with Gasteiger partial charge in [0.25, 0.3) is 0 Å². The number of aryl methyl sites for hydroxylation is 1. The lowest BCUT2D eigenvalue weighted by Crippen LogP contribution is -2.43. The maximum Gasteiger partial charge on any atom is 0.191 e. The number of aromatic nitrogens is 3. The zero-order valence-corrected chi connectivity index (χ0v) is 17.4. The highest BCUT2D eigenvalue weighted by atomic mass is 127. The standard InChI is InChI=1S/C18H26N6.HI/c1-18(2,14-8-5-4-6-9-14)13-21-17(19-3)20-12-16-23-22-15-10-7-11-24(15)16;/h4-6,8-9H,7,10-13H2,1-3H3,(H2,19,20,21);1H. The van der Waals surface area contributed by atoms with Crippen LogP contribution in [-0.2, 0) is 24.9 Å². The molecule has 136 valence electrons. The Morgan fingerprint density at radius 2 is 1.96 bits per heavy atom. The molecule has 0 radical (unpaired) electrons. The summed E-state index contributed by atoms with van der Waals surface area (Å²) in [4.78, 5) is 4.31. The van der Waals surface area contributed by atoms with Crippen LogP contribution < -0.4 is 10.6 Å². The average molecular weight is 454 g/mol. The van der Waals surface area contributed by atoms with Crippen molar-refractivity contribution in [2.75, 3.05) is 13.6 Å². The van der Waals surface area contributed by atoms with Crippen LogP contribution in [0.4, 0.5) is 0 Å². The lowest BCUT2D eigenvalue weighted by atomic mass is 9.85. The summed E-state index contributed by atoms with van der Waals surface area (Å²) in [6.07, 6.45) is 2.20. The van der Waals surface area contributed by atoms with Gasteiger partial charge in [0.05, 0.1) is 6.54 Å². The fraction of sp³-hybridized carbons (Fsp3) is 0.500. The van der Waals surface area contributed by atoms with Crippen molar-refractivity contribution in [1.29, 1.82) is 0 Å². The minimum absolute atomic E-state index is 0. The van der Waals surface area contributed by atoms with Gasteiger partial charge in [-0.05, 0) is 12.0 Å². The van der Waals surface area contributed by atoms with Crippen molar-refractivity contribution in [2.24, 2.45) is 4.99 Å². The molecular weight excluding hydrogens is 427 g/mol. The molecule has 0 spiro atoms. The summed E-state index contributed by atoms with van der Waals surface area (Å²) in [5.41, 5.74) is 1.33. The minimum Gasteiger partial charge on any atom is -0.356 e. The molecule has 6 nitrogen and oxygen atoms in total. The van der Waals surface area contributed by atoms with Gasteiger partial charge in [0.2, 0.25) is 0 Å². The van der Waals surface area contributed by atoms with Crippen LogP contribution in [0.15, 0.2) is 35.3 Å². The van der Waals surface area contributed by atoms with Gasteiger partial charge in [-0.1, -0.05) is 44.2 Å². The third-order valence-corrected chi connectivity index (χ3v) is 4.58. The first kappa shape index (κ1) is 19.7. The normalized spacial score (nSPS) is 14.0. The number of halogens is 1. The molecule has 1 aromatic heterocycles. The molecule has 0 amide bonds. The van der Waals surface area contributed by atoms with E-state index in [1.54, 1.807) is 7.05 Å². The first-order valence-electron chi connectivity index (χ1n) is 8.51. The number of fused-ring (bicyclic) bond motifs is 1. The largest absolute Gasteiger partial charge is 0.356 e. The molecule has 0 saturated heterocycles. The molecule has 1 aliphatic rings. The number of aliphatic imine (C=N–C) groups is 1. The van der Waals surface area contributed by atoms with Crippen molar-refractivity contribution in [3.8, 4) is 0 Å². The summed E-state index contributed by atoms with van der Waals surface area (Å²) in [6.45, 7) is 6.92. The van der Waals surface area contributed by atoms with E-state index < -0.39 is 0 Å². The molecule has 0 saturated carbocycles. The Bertz CT molecular complexity index is 708. The third-order valence-electron chi connectivity index (χ3n) is 4.58. The quantitative estimate of drug-likeness (QED) is 0.414. The van der Waals surface area contributed by atoms with E-state index >= 15 is 0 Å². The third kappa shape index (κ3) is 4.71. The van der Waals surface area contributed by atoms with Crippen molar-refractivity contribution in [1.82, 2.24) is 25.4 Å². The van der Waals surface area contributed by atoms with Gasteiger partial charge in [0, 0.05) is 32.0 Å². The van der Waals surface area contributed by atoms with Crippen molar-refractivity contribution in [3.05, 3.63) is 47.5 Å². The number of nitrogens with one attached hydrogen (secondary N) is 2. The Labute approximate surface area is 166 Å². The van der Waals surface area contributed by atoms with Crippen molar-refractivity contribution >= 4 is 29.9 Å². The van der Waals surface area contributed by atoms with Gasteiger partial charge in [-0.15, -0.1) is 34.2 Å². The Hall–Kier alpha value is -1.64. The minimum atomic E-state index is 0. The number of rotatable bonds is 5. The molecule has 0 bridgehead atoms. The fourth-order valence-corrected chi connectivity index (χ4v) is 3.02. The van der Waals surface area contributed by atoms with Crippen LogP contribution in [0, 0.1) is 0 Å². The molecule has 0 atom stereocenters. The molecular formula is C18H27IN6. The van der Waals surface area contributed by atoms with E-state index in [1.807, 2.05) is 6.07 Å². The molecule has 0 unspecified atom stereocenters. The highest BCUT2D eigenvalue weighted by molar-refractivity contribution is 14.0. The van der Waals surface area contributed by atoms with E-state index in [2.05, 4.69) is 68.5 Å². The van der Waals surface area contributed by atoms with Crippen LogP contribution in [0.5, 0.6) is 0 Å². The summed E-state index contributed by atoms with van der Waals surface area (Å²) in [5, 5.41) is 15.3. The van der Waals surface area contributed by atoms with E-state index in [4.69, 9.17) is 0 Å². The van der Waals surface area contributed by atoms with Gasteiger partial charge in [0.15, 0.2) is 11.8 Å². The zero-order valence-electron chi connectivity index (χ0n) is 15.1.